The van der Waals surface area contributed by atoms with Gasteiger partial charge in [-0.25, -0.2) is 0 Å². The molecule has 98 valence electrons. The molecule has 4 heteroatoms. The van der Waals surface area contributed by atoms with Gasteiger partial charge < -0.3 is 14.9 Å². The van der Waals surface area contributed by atoms with E-state index >= 15 is 0 Å². The van der Waals surface area contributed by atoms with Gasteiger partial charge in [-0.1, -0.05) is 0 Å². The molecular weight excluding hydrogens is 216 g/mol. The second-order valence-corrected chi connectivity index (χ2v) is 5.18. The highest BCUT2D eigenvalue weighted by Gasteiger charge is 2.27. The van der Waals surface area contributed by atoms with Gasteiger partial charge in [-0.15, -0.1) is 0 Å². The van der Waals surface area contributed by atoms with Crippen molar-refractivity contribution >= 4 is 5.91 Å². The minimum Gasteiger partial charge on any atom is -0.396 e. The Hall–Kier alpha value is -0.610. The molecule has 0 bridgehead atoms. The first-order chi connectivity index (χ1) is 8.31. The van der Waals surface area contributed by atoms with Crippen LogP contribution in [0.25, 0.3) is 0 Å². The summed E-state index contributed by atoms with van der Waals surface area (Å²) < 4.78 is 0. The fourth-order valence-corrected chi connectivity index (χ4v) is 2.98. The lowest BCUT2D eigenvalue weighted by Crippen LogP contribution is -2.45. The highest BCUT2D eigenvalue weighted by Crippen LogP contribution is 2.21. The van der Waals surface area contributed by atoms with Crippen LogP contribution in [-0.4, -0.2) is 59.6 Å². The molecule has 0 aromatic heterocycles. The van der Waals surface area contributed by atoms with Crippen molar-refractivity contribution in [3.63, 3.8) is 0 Å². The van der Waals surface area contributed by atoms with Gasteiger partial charge in [-0.05, 0) is 45.2 Å². The van der Waals surface area contributed by atoms with Gasteiger partial charge in [0, 0.05) is 32.2 Å². The van der Waals surface area contributed by atoms with E-state index in [0.29, 0.717) is 18.9 Å². The Morgan fingerprint density at radius 1 is 1.12 bits per heavy atom. The number of carbonyl (C=O) groups excluding carboxylic acids is 1. The maximum atomic E-state index is 11.8. The third-order valence-electron chi connectivity index (χ3n) is 4.02. The van der Waals surface area contributed by atoms with E-state index in [1.165, 1.54) is 25.9 Å². The molecule has 0 atom stereocenters. The van der Waals surface area contributed by atoms with E-state index < -0.39 is 0 Å². The number of carbonyl (C=O) groups is 1. The minimum absolute atomic E-state index is 0.121. The van der Waals surface area contributed by atoms with Crippen LogP contribution in [0.5, 0.6) is 0 Å². The fraction of sp³-hybridized carbons (Fsp3) is 0.923. The maximum Gasteiger partial charge on any atom is 0.222 e. The second kappa shape index (κ2) is 6.36. The molecule has 0 aromatic carbocycles. The monoisotopic (exact) mass is 240 g/mol. The first-order valence-electron chi connectivity index (χ1n) is 6.94. The van der Waals surface area contributed by atoms with Gasteiger partial charge in [-0.2, -0.15) is 0 Å². The zero-order valence-corrected chi connectivity index (χ0v) is 10.6. The molecule has 0 radical (unpaired) electrons. The molecule has 17 heavy (non-hydrogen) atoms. The van der Waals surface area contributed by atoms with Crippen LogP contribution in [0.3, 0.4) is 0 Å². The van der Waals surface area contributed by atoms with Gasteiger partial charge in [0.1, 0.15) is 0 Å². The Morgan fingerprint density at radius 3 is 2.35 bits per heavy atom. The van der Waals surface area contributed by atoms with Gasteiger partial charge in [0.05, 0.1) is 0 Å². The zero-order valence-electron chi connectivity index (χ0n) is 10.6. The van der Waals surface area contributed by atoms with Gasteiger partial charge >= 0.3 is 0 Å². The van der Waals surface area contributed by atoms with Crippen LogP contribution in [0.2, 0.25) is 0 Å². The van der Waals surface area contributed by atoms with E-state index in [2.05, 4.69) is 4.90 Å². The quantitative estimate of drug-likeness (QED) is 0.792. The first kappa shape index (κ1) is 12.8. The molecule has 0 spiro atoms. The maximum absolute atomic E-state index is 11.8. The Morgan fingerprint density at radius 2 is 1.76 bits per heavy atom. The fourth-order valence-electron chi connectivity index (χ4n) is 2.98. The Labute approximate surface area is 104 Å². The number of aliphatic hydroxyl groups excluding tert-OH is 1. The molecule has 4 nitrogen and oxygen atoms in total. The van der Waals surface area contributed by atoms with Crippen molar-refractivity contribution in [1.29, 1.82) is 0 Å². The molecule has 0 aliphatic carbocycles. The van der Waals surface area contributed by atoms with Crippen LogP contribution >= 0.6 is 0 Å². The summed E-state index contributed by atoms with van der Waals surface area (Å²) in [6, 6.07) is 0.708. The minimum atomic E-state index is 0.121. The van der Waals surface area contributed by atoms with E-state index in [9.17, 15) is 4.79 Å². The van der Waals surface area contributed by atoms with E-state index in [-0.39, 0.29) is 12.5 Å². The largest absolute Gasteiger partial charge is 0.396 e. The predicted octanol–water partition coefficient (Wildman–Crippen LogP) is 0.846. The van der Waals surface area contributed by atoms with Crippen LogP contribution in [0.4, 0.5) is 0 Å². The lowest BCUT2D eigenvalue weighted by Gasteiger charge is -2.36. The molecule has 0 saturated carbocycles. The van der Waals surface area contributed by atoms with Crippen LogP contribution in [0, 0.1) is 0 Å². The van der Waals surface area contributed by atoms with Crippen molar-refractivity contribution in [1.82, 2.24) is 9.80 Å². The molecule has 1 amide bonds. The smallest absolute Gasteiger partial charge is 0.222 e. The summed E-state index contributed by atoms with van der Waals surface area (Å²) in [6.07, 6.45) is 6.05. The standard InChI is InChI=1S/C13H24N2O2/c16-11-3-4-13(17)15-9-5-12(6-10-15)14-7-1-2-8-14/h12,16H,1-11H2. The Balaban J connectivity index is 1.71. The van der Waals surface area contributed by atoms with Gasteiger partial charge in [0.25, 0.3) is 0 Å². The molecule has 0 unspecified atom stereocenters. The molecule has 2 aliphatic rings. The van der Waals surface area contributed by atoms with Crippen molar-refractivity contribution in [3.05, 3.63) is 0 Å². The van der Waals surface area contributed by atoms with E-state index in [4.69, 9.17) is 5.11 Å². The molecule has 2 fully saturated rings. The molecule has 2 rings (SSSR count). The molecule has 2 aliphatic heterocycles. The van der Waals surface area contributed by atoms with Crippen molar-refractivity contribution in [2.24, 2.45) is 0 Å². The van der Waals surface area contributed by atoms with Gasteiger partial charge in [0.15, 0.2) is 0 Å². The number of likely N-dealkylation sites (tertiary alicyclic amines) is 2. The number of aliphatic hydroxyl groups is 1. The summed E-state index contributed by atoms with van der Waals surface area (Å²) in [7, 11) is 0. The van der Waals surface area contributed by atoms with E-state index in [1.54, 1.807) is 0 Å². The number of hydrogen-bond acceptors (Lipinski definition) is 3. The van der Waals surface area contributed by atoms with E-state index in [0.717, 1.165) is 25.9 Å². The summed E-state index contributed by atoms with van der Waals surface area (Å²) in [4.78, 5) is 16.4. The summed E-state index contributed by atoms with van der Waals surface area (Å²) in [6.45, 7) is 4.44. The van der Waals surface area contributed by atoms with Crippen molar-refractivity contribution in [2.45, 2.75) is 44.6 Å². The number of amides is 1. The highest BCUT2D eigenvalue weighted by atomic mass is 16.3. The van der Waals surface area contributed by atoms with Crippen molar-refractivity contribution < 1.29 is 9.90 Å². The van der Waals surface area contributed by atoms with Crippen LogP contribution in [0.15, 0.2) is 0 Å². The van der Waals surface area contributed by atoms with E-state index in [1.807, 2.05) is 4.90 Å². The lowest BCUT2D eigenvalue weighted by atomic mass is 10.0. The molecule has 1 N–H and O–H groups in total. The Kier molecular flexibility index (Phi) is 4.80. The summed E-state index contributed by atoms with van der Waals surface area (Å²) >= 11 is 0. The number of nitrogens with zero attached hydrogens (tertiary/aromatic N) is 2. The third-order valence-corrected chi connectivity index (χ3v) is 4.02. The second-order valence-electron chi connectivity index (χ2n) is 5.18. The van der Waals surface area contributed by atoms with Crippen LogP contribution < -0.4 is 0 Å². The Bertz CT molecular complexity index is 244. The number of rotatable bonds is 4. The van der Waals surface area contributed by atoms with Crippen LogP contribution in [0.1, 0.15) is 38.5 Å². The van der Waals surface area contributed by atoms with Crippen molar-refractivity contribution in [2.75, 3.05) is 32.8 Å². The topological polar surface area (TPSA) is 43.8 Å². The lowest BCUT2D eigenvalue weighted by molar-refractivity contribution is -0.133. The zero-order chi connectivity index (χ0) is 12.1. The van der Waals surface area contributed by atoms with Crippen molar-refractivity contribution in [3.8, 4) is 0 Å². The normalized spacial score (nSPS) is 23.2. The average molecular weight is 240 g/mol. The molecular formula is C13H24N2O2. The molecule has 2 heterocycles. The summed E-state index contributed by atoms with van der Waals surface area (Å²) in [5.74, 6) is 0.221. The molecule has 0 aromatic rings. The first-order valence-corrected chi connectivity index (χ1v) is 6.94. The summed E-state index contributed by atoms with van der Waals surface area (Å²) in [5, 5.41) is 8.72. The van der Waals surface area contributed by atoms with Crippen LogP contribution in [-0.2, 0) is 4.79 Å². The third kappa shape index (κ3) is 3.42. The number of piperidine rings is 1. The molecule has 2 saturated heterocycles. The highest BCUT2D eigenvalue weighted by molar-refractivity contribution is 5.76. The number of hydrogen-bond donors (Lipinski definition) is 1. The van der Waals surface area contributed by atoms with Gasteiger partial charge in [0.2, 0.25) is 5.91 Å². The SMILES string of the molecule is O=C(CCCO)N1CCC(N2CCCC2)CC1. The summed E-state index contributed by atoms with van der Waals surface area (Å²) in [5.41, 5.74) is 0. The predicted molar refractivity (Wildman–Crippen MR) is 66.7 cm³/mol. The average Bonchev–Trinajstić information content (AvgIpc) is 2.90. The van der Waals surface area contributed by atoms with Gasteiger partial charge in [-0.3, -0.25) is 4.79 Å².